The van der Waals surface area contributed by atoms with Gasteiger partial charge in [0.1, 0.15) is 17.1 Å². The molecule has 41 heavy (non-hydrogen) atoms. The van der Waals surface area contributed by atoms with Crippen LogP contribution in [-0.2, 0) is 16.5 Å². The first-order valence-corrected chi connectivity index (χ1v) is 15.6. The second kappa shape index (κ2) is 13.8. The molecule has 1 fully saturated rings. The quantitative estimate of drug-likeness (QED) is 0.218. The van der Waals surface area contributed by atoms with Crippen molar-refractivity contribution in [3.8, 4) is 17.1 Å². The zero-order valence-corrected chi connectivity index (χ0v) is 24.7. The molecule has 1 aromatic heterocycles. The molecule has 0 bridgehead atoms. The van der Waals surface area contributed by atoms with Crippen molar-refractivity contribution in [3.05, 3.63) is 94.1 Å². The third-order valence-corrected chi connectivity index (χ3v) is 7.23. The summed E-state index contributed by atoms with van der Waals surface area (Å²) < 4.78 is 37.8. The van der Waals surface area contributed by atoms with E-state index in [0.29, 0.717) is 23.0 Å². The number of methoxy groups -OCH3 is 1. The van der Waals surface area contributed by atoms with Gasteiger partial charge >= 0.3 is 0 Å². The lowest BCUT2D eigenvalue weighted by Gasteiger charge is -2.36. The normalized spacial score (nSPS) is 14.0. The zero-order valence-electron chi connectivity index (χ0n) is 23.9. The number of anilines is 1. The Morgan fingerprint density at radius 2 is 1.56 bits per heavy atom. The van der Waals surface area contributed by atoms with E-state index in [9.17, 15) is 13.2 Å². The van der Waals surface area contributed by atoms with Crippen LogP contribution in [0.25, 0.3) is 22.3 Å². The minimum atomic E-state index is -3.67. The fourth-order valence-electron chi connectivity index (χ4n) is 5.18. The molecule has 9 heteroatoms. The summed E-state index contributed by atoms with van der Waals surface area (Å²) in [6.45, 7) is 7.07. The third kappa shape index (κ3) is 8.19. The predicted octanol–water partition coefficient (Wildman–Crippen LogP) is 5.43. The predicted molar refractivity (Wildman–Crippen MR) is 165 cm³/mol. The van der Waals surface area contributed by atoms with E-state index in [1.165, 1.54) is 5.69 Å². The molecule has 3 aromatic carbocycles. The van der Waals surface area contributed by atoms with Crippen LogP contribution in [-0.4, -0.2) is 64.0 Å². The Labute approximate surface area is 241 Å². The largest absolute Gasteiger partial charge is 0.495 e. The van der Waals surface area contributed by atoms with Crippen LogP contribution in [0.4, 0.5) is 5.69 Å². The summed E-state index contributed by atoms with van der Waals surface area (Å²) in [5.41, 5.74) is 4.70. The van der Waals surface area contributed by atoms with E-state index in [1.54, 1.807) is 7.11 Å². The second-order valence-electron chi connectivity index (χ2n) is 10.2. The Kier molecular flexibility index (Phi) is 10.2. The number of piperazine rings is 1. The Hall–Kier alpha value is -3.66. The summed E-state index contributed by atoms with van der Waals surface area (Å²) in [6, 6.07) is 24.1. The molecule has 5 rings (SSSR count). The minimum Gasteiger partial charge on any atom is -0.495 e. The lowest BCUT2D eigenvalue weighted by molar-refractivity contribution is 0.252. The molecule has 0 atom stereocenters. The van der Waals surface area contributed by atoms with Crippen LogP contribution >= 0.6 is 0 Å². The number of hydrogen-bond donors (Lipinski definition) is 1. The summed E-state index contributed by atoms with van der Waals surface area (Å²) in [4.78, 5) is 18.1. The molecule has 0 unspecified atom stereocenters. The van der Waals surface area contributed by atoms with Gasteiger partial charge in [0.25, 0.3) is 10.1 Å². The maximum atomic E-state index is 13.1. The van der Waals surface area contributed by atoms with Crippen LogP contribution in [0.15, 0.2) is 82.0 Å². The summed E-state index contributed by atoms with van der Waals surface area (Å²) in [7, 11) is -1.93. The molecular weight excluding hydrogens is 540 g/mol. The second-order valence-corrected chi connectivity index (χ2v) is 11.7. The highest BCUT2D eigenvalue weighted by Crippen LogP contribution is 2.29. The van der Waals surface area contributed by atoms with Gasteiger partial charge < -0.3 is 14.1 Å². The molecular formula is C32H38N2O6S. The molecule has 0 spiro atoms. The van der Waals surface area contributed by atoms with E-state index < -0.39 is 10.1 Å². The van der Waals surface area contributed by atoms with Crippen LogP contribution in [0.1, 0.15) is 24.0 Å². The summed E-state index contributed by atoms with van der Waals surface area (Å²) in [6.07, 6.45) is 3.79. The van der Waals surface area contributed by atoms with Crippen molar-refractivity contribution in [2.75, 3.05) is 51.0 Å². The number of unbranched alkanes of at least 4 members (excludes halogenated alkanes) is 1. The van der Waals surface area contributed by atoms with Gasteiger partial charge in [0.05, 0.1) is 24.4 Å². The van der Waals surface area contributed by atoms with Gasteiger partial charge in [0.15, 0.2) is 5.43 Å². The van der Waals surface area contributed by atoms with E-state index in [0.717, 1.165) is 74.4 Å². The molecule has 0 saturated carbocycles. The molecule has 0 radical (unpaired) electrons. The molecule has 1 N–H and O–H groups in total. The van der Waals surface area contributed by atoms with E-state index in [-0.39, 0.29) is 5.43 Å². The highest BCUT2D eigenvalue weighted by Gasteiger charge is 2.19. The maximum Gasteiger partial charge on any atom is 0.261 e. The van der Waals surface area contributed by atoms with Crippen molar-refractivity contribution >= 4 is 26.8 Å². The Balaban J connectivity index is 0.000000714. The third-order valence-electron chi connectivity index (χ3n) is 7.23. The van der Waals surface area contributed by atoms with Crippen LogP contribution < -0.4 is 15.1 Å². The Bertz CT molecular complexity index is 1600. The molecule has 2 heterocycles. The molecule has 0 amide bonds. The van der Waals surface area contributed by atoms with Crippen LogP contribution in [0.2, 0.25) is 0 Å². The van der Waals surface area contributed by atoms with Crippen molar-refractivity contribution in [2.45, 2.75) is 26.2 Å². The highest BCUT2D eigenvalue weighted by molar-refractivity contribution is 7.85. The van der Waals surface area contributed by atoms with E-state index >= 15 is 0 Å². The number of aryl methyl sites for hydroxylation is 1. The number of benzene rings is 3. The van der Waals surface area contributed by atoms with Crippen molar-refractivity contribution in [1.29, 1.82) is 0 Å². The van der Waals surface area contributed by atoms with Gasteiger partial charge in [-0.1, -0.05) is 54.6 Å². The summed E-state index contributed by atoms with van der Waals surface area (Å²) >= 11 is 0. The molecule has 1 aliphatic heterocycles. The zero-order chi connectivity index (χ0) is 29.4. The number of nitrogens with zero attached hydrogens (tertiary/aromatic N) is 2. The number of rotatable bonds is 8. The van der Waals surface area contributed by atoms with E-state index in [2.05, 4.69) is 28.0 Å². The molecule has 218 valence electrons. The standard InChI is InChI=1S/C31H34N2O3.CH4O3S/c1-23-29(34)26-15-10-14-25(31(26)36-30(23)24-11-4-3-5-12-24)13-8-9-18-32-19-21-33(22-20-32)27-16-6-7-17-28(27)35-2;1-5(2,3)4/h3-7,10-12,14-17H,8-9,13,18-22H2,1-2H3;1H3,(H,2,3,4). The monoisotopic (exact) mass is 578 g/mol. The van der Waals surface area contributed by atoms with Gasteiger partial charge in [0.2, 0.25) is 0 Å². The fourth-order valence-corrected chi connectivity index (χ4v) is 5.18. The molecule has 1 saturated heterocycles. The molecule has 1 aliphatic rings. The summed E-state index contributed by atoms with van der Waals surface area (Å²) in [5.74, 6) is 1.62. The van der Waals surface area contributed by atoms with Crippen molar-refractivity contribution < 1.29 is 22.1 Å². The van der Waals surface area contributed by atoms with Gasteiger partial charge in [-0.25, -0.2) is 0 Å². The maximum absolute atomic E-state index is 13.1. The number of para-hydroxylation sites is 3. The lowest BCUT2D eigenvalue weighted by Crippen LogP contribution is -2.46. The van der Waals surface area contributed by atoms with Gasteiger partial charge in [-0.2, -0.15) is 8.42 Å². The van der Waals surface area contributed by atoms with Gasteiger partial charge in [-0.05, 0) is 56.5 Å². The molecule has 8 nitrogen and oxygen atoms in total. The van der Waals surface area contributed by atoms with E-state index in [1.807, 2.05) is 61.5 Å². The first-order chi connectivity index (χ1) is 19.7. The average molecular weight is 579 g/mol. The van der Waals surface area contributed by atoms with Crippen LogP contribution in [0.5, 0.6) is 5.75 Å². The highest BCUT2D eigenvalue weighted by atomic mass is 32.2. The van der Waals surface area contributed by atoms with Crippen LogP contribution in [0.3, 0.4) is 0 Å². The van der Waals surface area contributed by atoms with Crippen LogP contribution in [0, 0.1) is 6.92 Å². The van der Waals surface area contributed by atoms with Crippen molar-refractivity contribution in [3.63, 3.8) is 0 Å². The topological polar surface area (TPSA) is 100 Å². The molecule has 0 aliphatic carbocycles. The number of ether oxygens (including phenoxy) is 1. The minimum absolute atomic E-state index is 0.0601. The first-order valence-electron chi connectivity index (χ1n) is 13.8. The Morgan fingerprint density at radius 3 is 2.24 bits per heavy atom. The Morgan fingerprint density at radius 1 is 0.902 bits per heavy atom. The average Bonchev–Trinajstić information content (AvgIpc) is 2.97. The SMILES string of the molecule is COc1ccccc1N1CCN(CCCCc2cccc3c(=O)c(C)c(-c4ccccc4)oc23)CC1.CS(=O)(=O)O. The molecule has 4 aromatic rings. The number of fused-ring (bicyclic) bond motifs is 1. The fraction of sp³-hybridized carbons (Fsp3) is 0.344. The van der Waals surface area contributed by atoms with Gasteiger partial charge in [-0.15, -0.1) is 0 Å². The lowest BCUT2D eigenvalue weighted by atomic mass is 10.0. The van der Waals surface area contributed by atoms with E-state index in [4.69, 9.17) is 13.7 Å². The van der Waals surface area contributed by atoms with Crippen molar-refractivity contribution in [2.24, 2.45) is 0 Å². The first kappa shape index (κ1) is 30.3. The smallest absolute Gasteiger partial charge is 0.261 e. The van der Waals surface area contributed by atoms with Crippen molar-refractivity contribution in [1.82, 2.24) is 4.90 Å². The van der Waals surface area contributed by atoms with Gasteiger partial charge in [0, 0.05) is 37.3 Å². The summed E-state index contributed by atoms with van der Waals surface area (Å²) in [5, 5.41) is 0.678. The van der Waals surface area contributed by atoms with Gasteiger partial charge in [-0.3, -0.25) is 14.2 Å². The number of hydrogen-bond acceptors (Lipinski definition) is 7.